The van der Waals surface area contributed by atoms with Crippen molar-refractivity contribution in [1.82, 2.24) is 0 Å². The molecule has 0 unspecified atom stereocenters. The molecule has 0 fully saturated rings. The van der Waals surface area contributed by atoms with Crippen LogP contribution in [0.1, 0.15) is 5.56 Å². The first-order chi connectivity index (χ1) is 8.84. The van der Waals surface area contributed by atoms with Crippen molar-refractivity contribution in [1.29, 1.82) is 0 Å². The van der Waals surface area contributed by atoms with E-state index in [1.807, 2.05) is 0 Å². The smallest absolute Gasteiger partial charge is 0.0421 e. The summed E-state index contributed by atoms with van der Waals surface area (Å²) in [5.74, 6) is 0. The van der Waals surface area contributed by atoms with Gasteiger partial charge in [0.15, 0.2) is 0 Å². The van der Waals surface area contributed by atoms with Gasteiger partial charge in [-0.3, -0.25) is 0 Å². The number of hydrogen-bond acceptors (Lipinski definition) is 1. The maximum Gasteiger partial charge on any atom is 0.0421 e. The molecule has 1 aromatic heterocycles. The molecule has 0 bridgehead atoms. The summed E-state index contributed by atoms with van der Waals surface area (Å²) in [5, 5.41) is 2.16. The normalized spacial score (nSPS) is 10.5. The van der Waals surface area contributed by atoms with Gasteiger partial charge >= 0.3 is 0 Å². The predicted molar refractivity (Wildman–Crippen MR) is 79.9 cm³/mol. The van der Waals surface area contributed by atoms with Gasteiger partial charge in [-0.2, -0.15) is 0 Å². The number of benzene rings is 2. The van der Waals surface area contributed by atoms with E-state index in [4.69, 9.17) is 0 Å². The van der Waals surface area contributed by atoms with Crippen molar-refractivity contribution in [3.05, 3.63) is 71.6 Å². The standard InChI is InChI=1S/C17H14S/c1-13-7-9-14(10-8-13)16-11-12-18-17(16)15-5-3-2-4-6-15/h2-12H,1H3. The Morgan fingerprint density at radius 3 is 2.17 bits per heavy atom. The number of aryl methyl sites for hydroxylation is 1. The highest BCUT2D eigenvalue weighted by molar-refractivity contribution is 7.14. The zero-order valence-corrected chi connectivity index (χ0v) is 11.1. The van der Waals surface area contributed by atoms with Crippen molar-refractivity contribution >= 4 is 11.3 Å². The lowest BCUT2D eigenvalue weighted by Gasteiger charge is -2.04. The SMILES string of the molecule is Cc1ccc(-c2ccsc2-c2ccccc2)cc1. The molecular weight excluding hydrogens is 236 g/mol. The number of hydrogen-bond donors (Lipinski definition) is 0. The van der Waals surface area contributed by atoms with Gasteiger partial charge in [-0.05, 0) is 29.5 Å². The Kier molecular flexibility index (Phi) is 2.99. The largest absolute Gasteiger partial charge is 0.143 e. The molecule has 18 heavy (non-hydrogen) atoms. The third-order valence-corrected chi connectivity index (χ3v) is 4.03. The maximum atomic E-state index is 2.21. The lowest BCUT2D eigenvalue weighted by atomic mass is 10.0. The fourth-order valence-electron chi connectivity index (χ4n) is 2.08. The topological polar surface area (TPSA) is 0 Å². The Bertz CT molecular complexity index is 633. The molecule has 0 aliphatic carbocycles. The van der Waals surface area contributed by atoms with Crippen molar-refractivity contribution in [3.63, 3.8) is 0 Å². The van der Waals surface area contributed by atoms with Crippen molar-refractivity contribution in [2.24, 2.45) is 0 Å². The van der Waals surface area contributed by atoms with E-state index in [9.17, 15) is 0 Å². The predicted octanol–water partition coefficient (Wildman–Crippen LogP) is 5.39. The van der Waals surface area contributed by atoms with Crippen LogP contribution < -0.4 is 0 Å². The molecule has 0 atom stereocenters. The Hall–Kier alpha value is -1.86. The Morgan fingerprint density at radius 1 is 0.722 bits per heavy atom. The summed E-state index contributed by atoms with van der Waals surface area (Å²) < 4.78 is 0. The lowest BCUT2D eigenvalue weighted by Crippen LogP contribution is -1.79. The van der Waals surface area contributed by atoms with Crippen molar-refractivity contribution in [2.45, 2.75) is 6.92 Å². The average molecular weight is 250 g/mol. The van der Waals surface area contributed by atoms with Gasteiger partial charge in [0.25, 0.3) is 0 Å². The highest BCUT2D eigenvalue weighted by atomic mass is 32.1. The van der Waals surface area contributed by atoms with E-state index in [-0.39, 0.29) is 0 Å². The molecule has 0 N–H and O–H groups in total. The van der Waals surface area contributed by atoms with Crippen LogP contribution in [0.3, 0.4) is 0 Å². The molecule has 1 heteroatoms. The van der Waals surface area contributed by atoms with Gasteiger partial charge in [-0.15, -0.1) is 11.3 Å². The minimum atomic E-state index is 1.29. The van der Waals surface area contributed by atoms with Gasteiger partial charge in [0.05, 0.1) is 0 Å². The highest BCUT2D eigenvalue weighted by Crippen LogP contribution is 2.36. The first kappa shape index (κ1) is 11.2. The summed E-state index contributed by atoms with van der Waals surface area (Å²) >= 11 is 1.80. The van der Waals surface area contributed by atoms with E-state index >= 15 is 0 Å². The highest BCUT2D eigenvalue weighted by Gasteiger charge is 2.08. The summed E-state index contributed by atoms with van der Waals surface area (Å²) in [5.41, 5.74) is 5.21. The van der Waals surface area contributed by atoms with Crippen LogP contribution in [0.4, 0.5) is 0 Å². The quantitative estimate of drug-likeness (QED) is 0.572. The Morgan fingerprint density at radius 2 is 1.44 bits per heavy atom. The van der Waals surface area contributed by atoms with Gasteiger partial charge in [0.2, 0.25) is 0 Å². The molecule has 0 nitrogen and oxygen atoms in total. The van der Waals surface area contributed by atoms with E-state index < -0.39 is 0 Å². The van der Waals surface area contributed by atoms with Crippen LogP contribution in [-0.4, -0.2) is 0 Å². The second-order valence-corrected chi connectivity index (χ2v) is 5.31. The van der Waals surface area contributed by atoms with Crippen LogP contribution in [-0.2, 0) is 0 Å². The van der Waals surface area contributed by atoms with Crippen molar-refractivity contribution in [3.8, 4) is 21.6 Å². The minimum absolute atomic E-state index is 1.29. The molecule has 3 aromatic rings. The molecule has 2 aromatic carbocycles. The van der Waals surface area contributed by atoms with Crippen LogP contribution in [0.15, 0.2) is 66.0 Å². The van der Waals surface area contributed by atoms with Crippen LogP contribution in [0.2, 0.25) is 0 Å². The fourth-order valence-corrected chi connectivity index (χ4v) is 3.01. The van der Waals surface area contributed by atoms with E-state index in [1.165, 1.54) is 27.1 Å². The van der Waals surface area contributed by atoms with Gasteiger partial charge in [0.1, 0.15) is 0 Å². The Labute approximate surface area is 112 Å². The molecule has 0 saturated heterocycles. The summed E-state index contributed by atoms with van der Waals surface area (Å²) in [4.78, 5) is 1.35. The molecule has 1 heterocycles. The van der Waals surface area contributed by atoms with Crippen molar-refractivity contribution in [2.75, 3.05) is 0 Å². The van der Waals surface area contributed by atoms with Gasteiger partial charge in [-0.25, -0.2) is 0 Å². The van der Waals surface area contributed by atoms with Gasteiger partial charge in [-0.1, -0.05) is 60.2 Å². The Balaban J connectivity index is 2.10. The van der Waals surface area contributed by atoms with Crippen LogP contribution in [0.5, 0.6) is 0 Å². The molecular formula is C17H14S. The van der Waals surface area contributed by atoms with E-state index in [0.29, 0.717) is 0 Å². The third-order valence-electron chi connectivity index (χ3n) is 3.06. The van der Waals surface area contributed by atoms with Gasteiger partial charge in [0, 0.05) is 10.4 Å². The molecule has 0 aliphatic heterocycles. The molecule has 0 saturated carbocycles. The summed E-state index contributed by atoms with van der Waals surface area (Å²) in [6.45, 7) is 2.12. The van der Waals surface area contributed by atoms with Crippen LogP contribution >= 0.6 is 11.3 Å². The monoisotopic (exact) mass is 250 g/mol. The maximum absolute atomic E-state index is 2.21. The zero-order valence-electron chi connectivity index (χ0n) is 10.3. The second kappa shape index (κ2) is 4.79. The van der Waals surface area contributed by atoms with Crippen LogP contribution in [0.25, 0.3) is 21.6 Å². The lowest BCUT2D eigenvalue weighted by molar-refractivity contribution is 1.47. The minimum Gasteiger partial charge on any atom is -0.143 e. The van der Waals surface area contributed by atoms with Crippen LogP contribution in [0, 0.1) is 6.92 Å². The third kappa shape index (κ3) is 2.09. The average Bonchev–Trinajstić information content (AvgIpc) is 2.90. The first-order valence-corrected chi connectivity index (χ1v) is 6.92. The summed E-state index contributed by atoms with van der Waals surface area (Å²) in [6, 6.07) is 21.5. The summed E-state index contributed by atoms with van der Waals surface area (Å²) in [7, 11) is 0. The molecule has 3 rings (SSSR count). The zero-order chi connectivity index (χ0) is 12.4. The van der Waals surface area contributed by atoms with E-state index in [1.54, 1.807) is 11.3 Å². The molecule has 0 amide bonds. The number of thiophene rings is 1. The number of rotatable bonds is 2. The molecule has 0 spiro atoms. The first-order valence-electron chi connectivity index (χ1n) is 6.04. The molecule has 88 valence electrons. The van der Waals surface area contributed by atoms with Crippen molar-refractivity contribution < 1.29 is 0 Å². The molecule has 0 radical (unpaired) electrons. The fraction of sp³-hybridized carbons (Fsp3) is 0.0588. The second-order valence-electron chi connectivity index (χ2n) is 4.40. The summed E-state index contributed by atoms with van der Waals surface area (Å²) in [6.07, 6.45) is 0. The van der Waals surface area contributed by atoms with E-state index in [0.717, 1.165) is 0 Å². The molecule has 0 aliphatic rings. The van der Waals surface area contributed by atoms with E-state index in [2.05, 4.69) is 73.0 Å². The van der Waals surface area contributed by atoms with Gasteiger partial charge < -0.3 is 0 Å².